The molecule has 0 spiro atoms. The number of anilines is 2. The molecular weight excluding hydrogens is 461 g/mol. The third-order valence-corrected chi connectivity index (χ3v) is 7.40. The molecule has 33 heavy (non-hydrogen) atoms. The number of fused-ring (bicyclic) bond motifs is 1. The van der Waals surface area contributed by atoms with Gasteiger partial charge in [0, 0.05) is 18.3 Å². The van der Waals surface area contributed by atoms with E-state index in [2.05, 4.69) is 44.1 Å². The Morgan fingerprint density at radius 1 is 1.12 bits per heavy atom. The number of aryl methyl sites for hydroxylation is 1. The highest BCUT2D eigenvalue weighted by Crippen LogP contribution is 2.44. The van der Waals surface area contributed by atoms with Crippen LogP contribution in [0.5, 0.6) is 0 Å². The Balaban J connectivity index is 1.79. The molecule has 2 aromatic carbocycles. The van der Waals surface area contributed by atoms with Gasteiger partial charge in [0.05, 0.1) is 15.7 Å². The van der Waals surface area contributed by atoms with Crippen molar-refractivity contribution < 1.29 is 14.4 Å². The summed E-state index contributed by atoms with van der Waals surface area (Å²) in [6, 6.07) is 7.88. The number of benzene rings is 2. The Morgan fingerprint density at radius 2 is 1.82 bits per heavy atom. The molecule has 0 radical (unpaired) electrons. The van der Waals surface area contributed by atoms with Gasteiger partial charge in [-0.1, -0.05) is 36.2 Å². The van der Waals surface area contributed by atoms with Gasteiger partial charge in [0.2, 0.25) is 0 Å². The van der Waals surface area contributed by atoms with Gasteiger partial charge < -0.3 is 4.90 Å². The summed E-state index contributed by atoms with van der Waals surface area (Å²) in [7, 11) is 2.08. The minimum atomic E-state index is -0.869. The molecule has 4 rings (SSSR count). The van der Waals surface area contributed by atoms with E-state index < -0.39 is 17.8 Å². The molecule has 0 aromatic heterocycles. The quantitative estimate of drug-likeness (QED) is 0.438. The molecule has 0 saturated carbocycles. The minimum Gasteiger partial charge on any atom is -0.369 e. The first-order valence-electron chi connectivity index (χ1n) is 10.7. The summed E-state index contributed by atoms with van der Waals surface area (Å²) in [5, 5.41) is 2.49. The number of hydrogen-bond donors (Lipinski definition) is 1. The number of carbonyl (C=O) groups excluding carboxylic acids is 3. The zero-order valence-electron chi connectivity index (χ0n) is 19.1. The zero-order valence-corrected chi connectivity index (χ0v) is 20.6. The fourth-order valence-corrected chi connectivity index (χ4v) is 4.97. The van der Waals surface area contributed by atoms with Crippen LogP contribution < -0.4 is 15.1 Å². The van der Waals surface area contributed by atoms with Crippen molar-refractivity contribution in [3.05, 3.63) is 62.6 Å². The lowest BCUT2D eigenvalue weighted by atomic mass is 9.79. The average Bonchev–Trinajstić information content (AvgIpc) is 2.72. The Hall–Kier alpha value is -2.83. The summed E-state index contributed by atoms with van der Waals surface area (Å²) in [6.07, 6.45) is 2.52. The average molecular weight is 486 g/mol. The van der Waals surface area contributed by atoms with Crippen molar-refractivity contribution in [3.8, 4) is 0 Å². The van der Waals surface area contributed by atoms with E-state index in [0.29, 0.717) is 5.92 Å². The second-order valence-corrected chi connectivity index (χ2v) is 10.1. The number of urea groups is 1. The molecule has 0 bridgehead atoms. The van der Waals surface area contributed by atoms with Crippen molar-refractivity contribution in [2.24, 2.45) is 0 Å². The third kappa shape index (κ3) is 3.91. The van der Waals surface area contributed by atoms with E-state index in [4.69, 9.17) is 23.2 Å². The maximum atomic E-state index is 13.3. The molecule has 2 aliphatic heterocycles. The number of rotatable bonds is 2. The Kier molecular flexibility index (Phi) is 5.79. The van der Waals surface area contributed by atoms with E-state index in [-0.39, 0.29) is 26.8 Å². The van der Waals surface area contributed by atoms with E-state index >= 15 is 0 Å². The third-order valence-electron chi connectivity index (χ3n) is 6.59. The number of nitrogens with one attached hydrogen (secondary N) is 1. The van der Waals surface area contributed by atoms with Crippen LogP contribution in [-0.4, -0.2) is 30.4 Å². The van der Waals surface area contributed by atoms with Gasteiger partial charge in [-0.2, -0.15) is 0 Å². The molecule has 6 nitrogen and oxygen atoms in total. The summed E-state index contributed by atoms with van der Waals surface area (Å²) in [5.41, 5.74) is 3.95. The summed E-state index contributed by atoms with van der Waals surface area (Å²) in [4.78, 5) is 41.5. The molecule has 1 fully saturated rings. The highest BCUT2D eigenvalue weighted by molar-refractivity contribution is 6.46. The SMILES string of the molecule is Cc1cc2c(cc1/C=C1\C(=O)NC(=O)N(c3cccc(Cl)c3Cl)C1=O)[C@H](C)CC(C)(C)N2C. The van der Waals surface area contributed by atoms with Crippen molar-refractivity contribution in [2.75, 3.05) is 16.8 Å². The lowest BCUT2D eigenvalue weighted by Crippen LogP contribution is -2.54. The zero-order chi connectivity index (χ0) is 24.2. The number of imide groups is 2. The van der Waals surface area contributed by atoms with E-state index in [9.17, 15) is 14.4 Å². The smallest absolute Gasteiger partial charge is 0.336 e. The van der Waals surface area contributed by atoms with Crippen LogP contribution in [0.4, 0.5) is 16.2 Å². The van der Waals surface area contributed by atoms with Crippen LogP contribution in [0.15, 0.2) is 35.9 Å². The predicted molar refractivity (Wildman–Crippen MR) is 132 cm³/mol. The van der Waals surface area contributed by atoms with Crippen LogP contribution in [0.25, 0.3) is 6.08 Å². The van der Waals surface area contributed by atoms with Gasteiger partial charge >= 0.3 is 6.03 Å². The van der Waals surface area contributed by atoms with Crippen LogP contribution in [0.2, 0.25) is 10.0 Å². The van der Waals surface area contributed by atoms with Gasteiger partial charge in [-0.15, -0.1) is 0 Å². The molecular formula is C25H25Cl2N3O3. The lowest BCUT2D eigenvalue weighted by Gasteiger charge is -2.45. The van der Waals surface area contributed by atoms with Gasteiger partial charge in [0.1, 0.15) is 5.57 Å². The molecule has 0 unspecified atom stereocenters. The fourth-order valence-electron chi connectivity index (χ4n) is 4.59. The molecule has 1 N–H and O–H groups in total. The Bertz CT molecular complexity index is 1240. The number of halogens is 2. The molecule has 2 heterocycles. The fraction of sp³-hybridized carbons (Fsp3) is 0.320. The maximum Gasteiger partial charge on any atom is 0.336 e. The summed E-state index contributed by atoms with van der Waals surface area (Å²) >= 11 is 12.3. The van der Waals surface area contributed by atoms with E-state index in [0.717, 1.165) is 33.7 Å². The van der Waals surface area contributed by atoms with E-state index in [1.807, 2.05) is 13.0 Å². The van der Waals surface area contributed by atoms with Crippen LogP contribution in [-0.2, 0) is 9.59 Å². The van der Waals surface area contributed by atoms with Crippen LogP contribution in [0.3, 0.4) is 0 Å². The summed E-state index contributed by atoms with van der Waals surface area (Å²) in [5.74, 6) is -1.19. The maximum absolute atomic E-state index is 13.3. The first-order chi connectivity index (χ1) is 15.4. The van der Waals surface area contributed by atoms with Crippen molar-refractivity contribution in [2.45, 2.75) is 45.6 Å². The van der Waals surface area contributed by atoms with E-state index in [1.54, 1.807) is 12.1 Å². The Morgan fingerprint density at radius 3 is 2.52 bits per heavy atom. The normalized spacial score (nSPS) is 21.4. The van der Waals surface area contributed by atoms with Gasteiger partial charge in [-0.3, -0.25) is 14.9 Å². The molecule has 0 aliphatic carbocycles. The standard InChI is InChI=1S/C25H25Cl2N3O3/c1-13-9-20-16(14(2)12-25(3,4)29(20)5)10-15(13)11-17-22(31)28-24(33)30(23(17)32)19-8-6-7-18(26)21(19)27/h6-11,14H,12H2,1-5H3,(H,28,31,33)/b17-11+/t14-/m1/s1. The number of carbonyl (C=O) groups is 3. The van der Waals surface area contributed by atoms with Gasteiger partial charge in [0.25, 0.3) is 11.8 Å². The van der Waals surface area contributed by atoms with Crippen molar-refractivity contribution in [3.63, 3.8) is 0 Å². The van der Waals surface area contributed by atoms with Gasteiger partial charge in [-0.05, 0) is 80.1 Å². The largest absolute Gasteiger partial charge is 0.369 e. The molecule has 4 amide bonds. The lowest BCUT2D eigenvalue weighted by molar-refractivity contribution is -0.122. The highest BCUT2D eigenvalue weighted by Gasteiger charge is 2.39. The van der Waals surface area contributed by atoms with Crippen LogP contribution in [0.1, 0.15) is 49.8 Å². The molecule has 1 atom stereocenters. The number of amides is 4. The molecule has 2 aliphatic rings. The molecule has 2 aromatic rings. The van der Waals surface area contributed by atoms with Gasteiger partial charge in [-0.25, -0.2) is 9.69 Å². The van der Waals surface area contributed by atoms with Crippen molar-refractivity contribution >= 4 is 58.5 Å². The second kappa shape index (κ2) is 8.19. The molecule has 1 saturated heterocycles. The number of nitrogens with zero attached hydrogens (tertiary/aromatic N) is 2. The topological polar surface area (TPSA) is 69.7 Å². The Labute approximate surface area is 203 Å². The van der Waals surface area contributed by atoms with Crippen LogP contribution in [0, 0.1) is 6.92 Å². The van der Waals surface area contributed by atoms with Crippen LogP contribution >= 0.6 is 23.2 Å². The minimum absolute atomic E-state index is 0.0230. The monoisotopic (exact) mass is 485 g/mol. The number of barbiturate groups is 1. The van der Waals surface area contributed by atoms with E-state index in [1.165, 1.54) is 12.1 Å². The van der Waals surface area contributed by atoms with Crippen molar-refractivity contribution in [1.82, 2.24) is 5.32 Å². The predicted octanol–water partition coefficient (Wildman–Crippen LogP) is 5.69. The van der Waals surface area contributed by atoms with Gasteiger partial charge in [0.15, 0.2) is 0 Å². The summed E-state index contributed by atoms with van der Waals surface area (Å²) < 4.78 is 0. The van der Waals surface area contributed by atoms with Crippen molar-refractivity contribution in [1.29, 1.82) is 0 Å². The summed E-state index contributed by atoms with van der Waals surface area (Å²) in [6.45, 7) is 8.55. The second-order valence-electron chi connectivity index (χ2n) is 9.28. The first kappa shape index (κ1) is 23.3. The molecule has 172 valence electrons. The highest BCUT2D eigenvalue weighted by atomic mass is 35.5. The number of hydrogen-bond acceptors (Lipinski definition) is 4. The first-order valence-corrected chi connectivity index (χ1v) is 11.4. The molecule has 8 heteroatoms.